The zero-order valence-corrected chi connectivity index (χ0v) is 9.90. The molecule has 2 bridgehead atoms. The summed E-state index contributed by atoms with van der Waals surface area (Å²) in [6.07, 6.45) is 3.32. The molecule has 1 aromatic carbocycles. The zero-order chi connectivity index (χ0) is 10.4. The molecule has 2 fully saturated rings. The van der Waals surface area contributed by atoms with Crippen LogP contribution >= 0.6 is 15.9 Å². The number of rotatable bonds is 1. The highest BCUT2D eigenvalue weighted by molar-refractivity contribution is 9.10. The van der Waals surface area contributed by atoms with E-state index in [4.69, 9.17) is 0 Å². The molecule has 2 nitrogen and oxygen atoms in total. The Hall–Kier alpha value is -0.830. The van der Waals surface area contributed by atoms with E-state index in [1.165, 1.54) is 6.42 Å². The van der Waals surface area contributed by atoms with Crippen molar-refractivity contribution in [3.05, 3.63) is 28.7 Å². The fourth-order valence-electron chi connectivity index (χ4n) is 2.76. The third kappa shape index (κ3) is 1.41. The van der Waals surface area contributed by atoms with Gasteiger partial charge in [-0.25, -0.2) is 0 Å². The molecular formula is C12H12BrNO. The predicted molar refractivity (Wildman–Crippen MR) is 62.8 cm³/mol. The molecule has 3 rings (SSSR count). The highest BCUT2D eigenvalue weighted by atomic mass is 79.9. The van der Waals surface area contributed by atoms with Crippen LogP contribution in [0.5, 0.6) is 0 Å². The molecule has 1 aliphatic carbocycles. The lowest BCUT2D eigenvalue weighted by Crippen LogP contribution is -2.36. The maximum absolute atomic E-state index is 12.0. The lowest BCUT2D eigenvalue weighted by Gasteiger charge is -2.27. The number of benzene rings is 1. The SMILES string of the molecule is O=C1C2CCC(C2)N1c1cccc(Br)c1. The van der Waals surface area contributed by atoms with E-state index in [0.717, 1.165) is 23.0 Å². The first kappa shape index (κ1) is 9.40. The lowest BCUT2D eigenvalue weighted by atomic mass is 10.1. The predicted octanol–water partition coefficient (Wildman–Crippen LogP) is 2.96. The monoisotopic (exact) mass is 265 g/mol. The molecule has 15 heavy (non-hydrogen) atoms. The van der Waals surface area contributed by atoms with Gasteiger partial charge < -0.3 is 4.90 Å². The Bertz CT molecular complexity index is 418. The zero-order valence-electron chi connectivity index (χ0n) is 8.32. The third-order valence-corrected chi connectivity index (χ3v) is 3.94. The van der Waals surface area contributed by atoms with Crippen molar-refractivity contribution < 1.29 is 4.79 Å². The Morgan fingerprint density at radius 2 is 2.20 bits per heavy atom. The summed E-state index contributed by atoms with van der Waals surface area (Å²) in [4.78, 5) is 14.0. The first-order valence-electron chi connectivity index (χ1n) is 5.34. The van der Waals surface area contributed by atoms with Gasteiger partial charge in [-0.15, -0.1) is 0 Å². The first-order valence-corrected chi connectivity index (χ1v) is 6.13. The number of fused-ring (bicyclic) bond motifs is 2. The molecule has 1 amide bonds. The molecule has 1 saturated heterocycles. The van der Waals surface area contributed by atoms with Gasteiger partial charge in [0.2, 0.25) is 5.91 Å². The first-order chi connectivity index (χ1) is 7.25. The summed E-state index contributed by atoms with van der Waals surface area (Å²) in [5.74, 6) is 0.623. The van der Waals surface area contributed by atoms with Gasteiger partial charge in [0.05, 0.1) is 0 Å². The largest absolute Gasteiger partial charge is 0.309 e. The second-order valence-corrected chi connectivity index (χ2v) is 5.27. The van der Waals surface area contributed by atoms with Crippen LogP contribution in [0.1, 0.15) is 19.3 Å². The van der Waals surface area contributed by atoms with Crippen molar-refractivity contribution in [3.8, 4) is 0 Å². The van der Waals surface area contributed by atoms with Crippen LogP contribution in [0, 0.1) is 5.92 Å². The molecule has 0 radical (unpaired) electrons. The lowest BCUT2D eigenvalue weighted by molar-refractivity contribution is -0.121. The molecule has 78 valence electrons. The Morgan fingerprint density at radius 3 is 2.87 bits per heavy atom. The summed E-state index contributed by atoms with van der Waals surface area (Å²) in [6, 6.07) is 8.47. The number of carbonyl (C=O) groups excluding carboxylic acids is 1. The molecule has 0 N–H and O–H groups in total. The van der Waals surface area contributed by atoms with E-state index in [2.05, 4.69) is 15.9 Å². The van der Waals surface area contributed by atoms with E-state index in [0.29, 0.717) is 17.9 Å². The van der Waals surface area contributed by atoms with E-state index >= 15 is 0 Å². The number of halogens is 1. The topological polar surface area (TPSA) is 20.3 Å². The van der Waals surface area contributed by atoms with Gasteiger partial charge in [0.1, 0.15) is 0 Å². The minimum absolute atomic E-state index is 0.300. The second kappa shape index (κ2) is 3.34. The minimum atomic E-state index is 0.300. The number of hydrogen-bond donors (Lipinski definition) is 0. The van der Waals surface area contributed by atoms with Crippen molar-refractivity contribution >= 4 is 27.5 Å². The fraction of sp³-hybridized carbons (Fsp3) is 0.417. The summed E-state index contributed by atoms with van der Waals surface area (Å²) in [7, 11) is 0. The molecular weight excluding hydrogens is 254 g/mol. The molecule has 1 aromatic rings. The molecule has 1 saturated carbocycles. The molecule has 2 aliphatic rings. The van der Waals surface area contributed by atoms with Crippen LogP contribution in [0.25, 0.3) is 0 Å². The molecule has 2 unspecified atom stereocenters. The third-order valence-electron chi connectivity index (χ3n) is 3.44. The summed E-state index contributed by atoms with van der Waals surface area (Å²) < 4.78 is 1.04. The van der Waals surface area contributed by atoms with Gasteiger partial charge in [-0.1, -0.05) is 22.0 Å². The smallest absolute Gasteiger partial charge is 0.230 e. The van der Waals surface area contributed by atoms with Crippen molar-refractivity contribution in [3.63, 3.8) is 0 Å². The summed E-state index contributed by atoms with van der Waals surface area (Å²) >= 11 is 3.44. The minimum Gasteiger partial charge on any atom is -0.309 e. The Morgan fingerprint density at radius 1 is 1.33 bits per heavy atom. The van der Waals surface area contributed by atoms with Crippen molar-refractivity contribution in [2.75, 3.05) is 4.90 Å². The van der Waals surface area contributed by atoms with Crippen LogP contribution in [0.3, 0.4) is 0 Å². The van der Waals surface area contributed by atoms with E-state index in [1.807, 2.05) is 29.2 Å². The Labute approximate surface area is 97.4 Å². The number of anilines is 1. The van der Waals surface area contributed by atoms with Crippen LogP contribution in [0.2, 0.25) is 0 Å². The molecule has 0 aromatic heterocycles. The Kier molecular flexibility index (Phi) is 2.09. The van der Waals surface area contributed by atoms with Gasteiger partial charge in [0.15, 0.2) is 0 Å². The highest BCUT2D eigenvalue weighted by Gasteiger charge is 2.45. The van der Waals surface area contributed by atoms with Gasteiger partial charge in [-0.2, -0.15) is 0 Å². The highest BCUT2D eigenvalue weighted by Crippen LogP contribution is 2.41. The van der Waals surface area contributed by atoms with Gasteiger partial charge in [0.25, 0.3) is 0 Å². The van der Waals surface area contributed by atoms with Gasteiger partial charge in [-0.3, -0.25) is 4.79 Å². The molecule has 0 spiro atoms. The van der Waals surface area contributed by atoms with E-state index in [1.54, 1.807) is 0 Å². The van der Waals surface area contributed by atoms with E-state index in [-0.39, 0.29) is 0 Å². The molecule has 3 heteroatoms. The van der Waals surface area contributed by atoms with Crippen LogP contribution in [-0.4, -0.2) is 11.9 Å². The van der Waals surface area contributed by atoms with Crippen molar-refractivity contribution in [1.29, 1.82) is 0 Å². The molecule has 2 atom stereocenters. The summed E-state index contributed by atoms with van der Waals surface area (Å²) in [6.45, 7) is 0. The van der Waals surface area contributed by atoms with Crippen LogP contribution in [-0.2, 0) is 4.79 Å². The van der Waals surface area contributed by atoms with Crippen molar-refractivity contribution in [2.45, 2.75) is 25.3 Å². The fourth-order valence-corrected chi connectivity index (χ4v) is 3.14. The summed E-state index contributed by atoms with van der Waals surface area (Å²) in [5, 5.41) is 0. The standard InChI is InChI=1S/C12H12BrNO/c13-9-2-1-3-10(7-9)14-11-5-4-8(6-11)12(14)15/h1-3,7-8,11H,4-6H2. The Balaban J connectivity index is 1.98. The maximum Gasteiger partial charge on any atom is 0.230 e. The number of carbonyl (C=O) groups is 1. The number of nitrogens with zero attached hydrogens (tertiary/aromatic N) is 1. The van der Waals surface area contributed by atoms with Gasteiger partial charge >= 0.3 is 0 Å². The second-order valence-electron chi connectivity index (χ2n) is 4.35. The normalized spacial score (nSPS) is 28.9. The molecule has 1 aliphatic heterocycles. The van der Waals surface area contributed by atoms with Crippen LogP contribution in [0.15, 0.2) is 28.7 Å². The maximum atomic E-state index is 12.0. The van der Waals surface area contributed by atoms with E-state index < -0.39 is 0 Å². The quantitative estimate of drug-likeness (QED) is 0.765. The average molecular weight is 266 g/mol. The molecule has 1 heterocycles. The van der Waals surface area contributed by atoms with Gasteiger partial charge in [0, 0.05) is 22.1 Å². The number of amides is 1. The summed E-state index contributed by atoms with van der Waals surface area (Å²) in [5.41, 5.74) is 1.04. The van der Waals surface area contributed by atoms with E-state index in [9.17, 15) is 4.79 Å². The van der Waals surface area contributed by atoms with Crippen molar-refractivity contribution in [1.82, 2.24) is 0 Å². The van der Waals surface area contributed by atoms with Crippen LogP contribution in [0.4, 0.5) is 5.69 Å². The van der Waals surface area contributed by atoms with Crippen molar-refractivity contribution in [2.24, 2.45) is 5.92 Å². The van der Waals surface area contributed by atoms with Crippen LogP contribution < -0.4 is 4.90 Å². The number of hydrogen-bond acceptors (Lipinski definition) is 1. The average Bonchev–Trinajstić information content (AvgIpc) is 2.77. The van der Waals surface area contributed by atoms with Gasteiger partial charge in [-0.05, 0) is 37.5 Å². The number of piperidine rings is 1.